The fourth-order valence-electron chi connectivity index (χ4n) is 5.76. The van der Waals surface area contributed by atoms with Crippen LogP contribution in [0.15, 0.2) is 23.4 Å². The Morgan fingerprint density at radius 3 is 2.64 bits per heavy atom. The number of aryl methyl sites for hydroxylation is 3. The minimum Gasteiger partial charge on any atom is -0.385 e. The molecule has 3 aliphatic heterocycles. The van der Waals surface area contributed by atoms with Crippen LogP contribution in [0.5, 0.6) is 0 Å². The fourth-order valence-corrected chi connectivity index (χ4v) is 6.72. The summed E-state index contributed by atoms with van der Waals surface area (Å²) in [4.78, 5) is 21.3. The first-order valence-corrected chi connectivity index (χ1v) is 14.4. The zero-order chi connectivity index (χ0) is 27.7. The van der Waals surface area contributed by atoms with Gasteiger partial charge in [0.15, 0.2) is 0 Å². The Hall–Kier alpha value is -3.05. The van der Waals surface area contributed by atoms with Crippen molar-refractivity contribution in [1.29, 1.82) is 5.41 Å². The molecule has 0 bridgehead atoms. The SMILES string of the molecule is CNC(=O)N1CCC(NC2CCOCC2)=C(C(=N)N2CCCc3cc(-c4sc(C)nc4C)c(C(F)F)cc32)C1. The molecule has 0 unspecified atom stereocenters. The highest BCUT2D eigenvalue weighted by Gasteiger charge is 2.32. The number of halogens is 2. The van der Waals surface area contributed by atoms with Crippen LogP contribution in [0.3, 0.4) is 0 Å². The maximum absolute atomic E-state index is 14.4. The Bertz CT molecular complexity index is 1290. The van der Waals surface area contributed by atoms with Gasteiger partial charge in [-0.3, -0.25) is 5.41 Å². The van der Waals surface area contributed by atoms with Gasteiger partial charge >= 0.3 is 6.03 Å². The summed E-state index contributed by atoms with van der Waals surface area (Å²) < 4.78 is 34.4. The van der Waals surface area contributed by atoms with Crippen LogP contribution in [0, 0.1) is 19.3 Å². The zero-order valence-electron chi connectivity index (χ0n) is 22.7. The Labute approximate surface area is 231 Å². The Morgan fingerprint density at radius 2 is 1.97 bits per heavy atom. The third-order valence-corrected chi connectivity index (χ3v) is 8.86. The van der Waals surface area contributed by atoms with E-state index in [1.54, 1.807) is 18.0 Å². The average molecular weight is 559 g/mol. The standard InChI is InChI=1S/C28H36F2N6O2S/c1-16-25(39-17(2)33-16)20-13-18-5-4-9-36(24(18)14-21(20)26(29)30)27(31)22-15-35(28(37)32-3)10-6-23(22)34-19-7-11-38-12-8-19/h13-14,19,26,31,34H,4-12,15H2,1-3H3,(H,32,37). The summed E-state index contributed by atoms with van der Waals surface area (Å²) >= 11 is 1.43. The summed E-state index contributed by atoms with van der Waals surface area (Å²) in [7, 11) is 1.60. The number of nitrogens with one attached hydrogen (secondary N) is 3. The number of ether oxygens (including phenoxy) is 1. The van der Waals surface area contributed by atoms with Crippen molar-refractivity contribution in [3.63, 3.8) is 0 Å². The lowest BCUT2D eigenvalue weighted by atomic mass is 9.93. The summed E-state index contributed by atoms with van der Waals surface area (Å²) in [5.41, 5.74) is 4.55. The summed E-state index contributed by atoms with van der Waals surface area (Å²) in [6.45, 7) is 6.52. The molecule has 8 nitrogen and oxygen atoms in total. The van der Waals surface area contributed by atoms with Gasteiger partial charge in [-0.25, -0.2) is 18.6 Å². The highest BCUT2D eigenvalue weighted by Crippen LogP contribution is 2.42. The number of hydrogen-bond acceptors (Lipinski definition) is 6. The number of amides is 2. The summed E-state index contributed by atoms with van der Waals surface area (Å²) in [5, 5.41) is 16.5. The predicted octanol–water partition coefficient (Wildman–Crippen LogP) is 5.16. The second-order valence-electron chi connectivity index (χ2n) is 10.3. The number of urea groups is 1. The van der Waals surface area contributed by atoms with Crippen LogP contribution in [0.4, 0.5) is 19.3 Å². The Balaban J connectivity index is 1.53. The van der Waals surface area contributed by atoms with Crippen LogP contribution in [0.1, 0.15) is 53.9 Å². The van der Waals surface area contributed by atoms with Crippen molar-refractivity contribution in [3.05, 3.63) is 45.2 Å². The molecule has 3 aliphatic rings. The molecule has 0 spiro atoms. The lowest BCUT2D eigenvalue weighted by molar-refractivity contribution is 0.0798. The lowest BCUT2D eigenvalue weighted by Gasteiger charge is -2.38. The van der Waals surface area contributed by atoms with E-state index >= 15 is 0 Å². The number of nitrogens with zero attached hydrogens (tertiary/aromatic N) is 3. The van der Waals surface area contributed by atoms with E-state index in [9.17, 15) is 19.0 Å². The Morgan fingerprint density at radius 1 is 1.21 bits per heavy atom. The first-order valence-electron chi connectivity index (χ1n) is 13.6. The summed E-state index contributed by atoms with van der Waals surface area (Å²) in [6, 6.07) is 3.51. The third kappa shape index (κ3) is 5.65. The highest BCUT2D eigenvalue weighted by atomic mass is 32.1. The van der Waals surface area contributed by atoms with Crippen molar-refractivity contribution in [2.75, 3.05) is 44.8 Å². The molecule has 0 atom stereocenters. The largest absolute Gasteiger partial charge is 0.385 e. The molecule has 0 saturated carbocycles. The number of aromatic nitrogens is 1. The minimum absolute atomic E-state index is 0.0367. The molecule has 1 fully saturated rings. The number of hydrogen-bond donors (Lipinski definition) is 3. The maximum atomic E-state index is 14.4. The van der Waals surface area contributed by atoms with E-state index in [2.05, 4.69) is 15.6 Å². The molecule has 5 rings (SSSR count). The second kappa shape index (κ2) is 11.6. The van der Waals surface area contributed by atoms with Gasteiger partial charge in [0.25, 0.3) is 6.43 Å². The van der Waals surface area contributed by atoms with Gasteiger partial charge in [0.05, 0.1) is 22.1 Å². The number of benzene rings is 1. The molecular weight excluding hydrogens is 522 g/mol. The molecule has 210 valence electrons. The van der Waals surface area contributed by atoms with Crippen LogP contribution < -0.4 is 15.5 Å². The minimum atomic E-state index is -2.66. The van der Waals surface area contributed by atoms with E-state index in [0.29, 0.717) is 44.0 Å². The van der Waals surface area contributed by atoms with E-state index in [-0.39, 0.29) is 30.0 Å². The van der Waals surface area contributed by atoms with Crippen LogP contribution in [0.2, 0.25) is 0 Å². The van der Waals surface area contributed by atoms with Crippen molar-refractivity contribution in [1.82, 2.24) is 20.5 Å². The van der Waals surface area contributed by atoms with Crippen molar-refractivity contribution < 1.29 is 18.3 Å². The van der Waals surface area contributed by atoms with Gasteiger partial charge in [-0.2, -0.15) is 0 Å². The highest BCUT2D eigenvalue weighted by molar-refractivity contribution is 7.15. The molecule has 4 heterocycles. The molecule has 39 heavy (non-hydrogen) atoms. The van der Waals surface area contributed by atoms with E-state index in [1.165, 1.54) is 11.3 Å². The number of carbonyl (C=O) groups is 1. The topological polar surface area (TPSA) is 93.6 Å². The van der Waals surface area contributed by atoms with Crippen LogP contribution >= 0.6 is 11.3 Å². The van der Waals surface area contributed by atoms with Gasteiger partial charge in [-0.1, -0.05) is 0 Å². The monoisotopic (exact) mass is 558 g/mol. The smallest absolute Gasteiger partial charge is 0.317 e. The first kappa shape index (κ1) is 27.5. The molecule has 1 aromatic carbocycles. The molecule has 2 aromatic rings. The normalized spacial score (nSPS) is 18.4. The zero-order valence-corrected chi connectivity index (χ0v) is 23.5. The molecule has 1 saturated heterocycles. The lowest BCUT2D eigenvalue weighted by Crippen LogP contribution is -2.48. The van der Waals surface area contributed by atoms with Gasteiger partial charge in [-0.15, -0.1) is 11.3 Å². The number of rotatable bonds is 5. The number of alkyl halides is 2. The molecule has 3 N–H and O–H groups in total. The quantitative estimate of drug-likeness (QED) is 0.348. The van der Waals surface area contributed by atoms with Crippen LogP contribution in [0.25, 0.3) is 10.4 Å². The molecule has 0 aliphatic carbocycles. The number of thiazole rings is 1. The summed E-state index contributed by atoms with van der Waals surface area (Å²) in [6.07, 6.45) is 1.27. The first-order chi connectivity index (χ1) is 18.8. The van der Waals surface area contributed by atoms with E-state index < -0.39 is 6.43 Å². The fraction of sp³-hybridized carbons (Fsp3) is 0.536. The molecule has 1 aromatic heterocycles. The summed E-state index contributed by atoms with van der Waals surface area (Å²) in [5.74, 6) is 0.261. The maximum Gasteiger partial charge on any atom is 0.317 e. The van der Waals surface area contributed by atoms with Gasteiger partial charge < -0.3 is 25.2 Å². The number of fused-ring (bicyclic) bond motifs is 1. The third-order valence-electron chi connectivity index (χ3n) is 7.75. The van der Waals surface area contributed by atoms with Gasteiger partial charge in [0.1, 0.15) is 5.84 Å². The average Bonchev–Trinajstić information content (AvgIpc) is 3.29. The van der Waals surface area contributed by atoms with E-state index in [4.69, 9.17) is 4.74 Å². The molecule has 11 heteroatoms. The Kier molecular flexibility index (Phi) is 8.18. The van der Waals surface area contributed by atoms with Crippen molar-refractivity contribution in [2.24, 2.45) is 0 Å². The van der Waals surface area contributed by atoms with Crippen LogP contribution in [-0.4, -0.2) is 67.7 Å². The van der Waals surface area contributed by atoms with Crippen molar-refractivity contribution in [3.8, 4) is 10.4 Å². The number of anilines is 1. The molecule has 2 amide bonds. The predicted molar refractivity (Wildman–Crippen MR) is 150 cm³/mol. The second-order valence-corrected chi connectivity index (χ2v) is 11.5. The molecule has 0 radical (unpaired) electrons. The molecular formula is C28H36F2N6O2S. The number of carbonyl (C=O) groups excluding carboxylic acids is 1. The van der Waals surface area contributed by atoms with Gasteiger partial charge in [0, 0.05) is 73.9 Å². The van der Waals surface area contributed by atoms with Crippen molar-refractivity contribution >= 4 is 28.9 Å². The van der Waals surface area contributed by atoms with Gasteiger partial charge in [0.2, 0.25) is 0 Å². The van der Waals surface area contributed by atoms with Gasteiger partial charge in [-0.05, 0) is 57.2 Å². The number of amidine groups is 1. The van der Waals surface area contributed by atoms with E-state index in [0.717, 1.165) is 58.1 Å². The van der Waals surface area contributed by atoms with Crippen molar-refractivity contribution in [2.45, 2.75) is 58.4 Å². The van der Waals surface area contributed by atoms with Crippen LogP contribution in [-0.2, 0) is 11.2 Å². The van der Waals surface area contributed by atoms with E-state index in [1.807, 2.05) is 24.8 Å².